The molecule has 0 heterocycles. The molecule has 15 aromatic carbocycles. The van der Waals surface area contributed by atoms with Crippen LogP contribution in [0.25, 0.3) is 167 Å². The summed E-state index contributed by atoms with van der Waals surface area (Å²) in [6.07, 6.45) is 6.95. The van der Waals surface area contributed by atoms with E-state index in [1.165, 1.54) is 178 Å². The van der Waals surface area contributed by atoms with E-state index in [4.69, 9.17) is 0 Å². The third kappa shape index (κ3) is 11.3. The van der Waals surface area contributed by atoms with Crippen molar-refractivity contribution in [2.45, 2.75) is 12.8 Å². The molecule has 0 radical (unpaired) electrons. The second kappa shape index (κ2) is 25.4. The van der Waals surface area contributed by atoms with E-state index in [-0.39, 0.29) is 0 Å². The largest absolute Gasteiger partial charge is 0.0757 e. The Morgan fingerprint density at radius 2 is 0.271 bits per heavy atom. The average molecular weight is 1220 g/mol. The summed E-state index contributed by atoms with van der Waals surface area (Å²) in [6.45, 7) is 0. The molecule has 0 aromatic heterocycles. The summed E-state index contributed by atoms with van der Waals surface area (Å²) in [7, 11) is 0. The molecule has 0 fully saturated rings. The van der Waals surface area contributed by atoms with Crippen LogP contribution in [0.5, 0.6) is 0 Å². The fourth-order valence-corrected chi connectivity index (χ4v) is 14.5. The lowest BCUT2D eigenvalue weighted by atomic mass is 9.74. The van der Waals surface area contributed by atoms with E-state index in [2.05, 4.69) is 376 Å². The van der Waals surface area contributed by atoms with Crippen LogP contribution in [0.15, 0.2) is 376 Å². The minimum absolute atomic E-state index is 0.956. The molecule has 2 aliphatic carbocycles. The Labute approximate surface area is 563 Å². The van der Waals surface area contributed by atoms with Crippen LogP contribution >= 0.6 is 0 Å². The highest BCUT2D eigenvalue weighted by Gasteiger charge is 2.29. The molecule has 0 atom stereocenters. The molecule has 0 nitrogen and oxygen atoms in total. The molecule has 450 valence electrons. The molecule has 0 N–H and O–H groups in total. The second-order valence-corrected chi connectivity index (χ2v) is 25.3. The minimum Gasteiger partial charge on any atom is -0.0757 e. The molecule has 15 aromatic rings. The Bertz CT molecular complexity index is 5010. The van der Waals surface area contributed by atoms with Gasteiger partial charge < -0.3 is 0 Å². The lowest BCUT2D eigenvalue weighted by Crippen LogP contribution is -2.05. The molecule has 17 rings (SSSR count). The molecular weight excluding hydrogens is 1150 g/mol. The number of hydrogen-bond acceptors (Lipinski definition) is 0. The maximum atomic E-state index is 2.52. The zero-order chi connectivity index (χ0) is 63.7. The first-order valence-electron chi connectivity index (χ1n) is 33.5. The Kier molecular flexibility index (Phi) is 15.2. The van der Waals surface area contributed by atoms with E-state index in [0.717, 1.165) is 12.8 Å². The van der Waals surface area contributed by atoms with Crippen molar-refractivity contribution < 1.29 is 0 Å². The number of benzene rings is 15. The Morgan fingerprint density at radius 3 is 0.469 bits per heavy atom. The standard InChI is InChI=1S/C96H66/c1-5-17-65(18-6-1)69-29-37-73(38-30-69)77-45-53-81(54-46-77)89-61-93-85-25-13-14-26-86(85)95-63-91(83-57-49-79(50-58-83)75-41-33-71(34-42-75)67-21-9-3-10-22-67)92(84-59-51-80(52-60-84)76-43-35-72(36-44-76)68-23-11-4-12-24-68)64-96(95)88-28-16-15-27-87(88)94(93)62-90(89)82-55-47-78(48-56-82)74-39-31-70(32-40-74)66-19-7-2-8-20-66/h1-14,17-64H,15-16H2. The monoisotopic (exact) mass is 1220 g/mol. The zero-order valence-corrected chi connectivity index (χ0v) is 53.2. The Morgan fingerprint density at radius 1 is 0.115 bits per heavy atom. The first kappa shape index (κ1) is 57.7. The Hall–Kier alpha value is -12.2. The predicted molar refractivity (Wildman–Crippen MR) is 408 cm³/mol. The molecule has 0 saturated carbocycles. The van der Waals surface area contributed by atoms with Crippen molar-refractivity contribution in [3.63, 3.8) is 0 Å². The van der Waals surface area contributed by atoms with Crippen LogP contribution in [0.4, 0.5) is 0 Å². The number of hydrogen-bond donors (Lipinski definition) is 0. The van der Waals surface area contributed by atoms with E-state index in [1.54, 1.807) is 0 Å². The lowest BCUT2D eigenvalue weighted by Gasteiger charge is -2.29. The van der Waals surface area contributed by atoms with Gasteiger partial charge in [-0.25, -0.2) is 0 Å². The fraction of sp³-hybridized carbons (Fsp3) is 0.0208. The highest BCUT2D eigenvalue weighted by molar-refractivity contribution is 6.16. The van der Waals surface area contributed by atoms with Gasteiger partial charge in [0.1, 0.15) is 0 Å². The summed E-state index contributed by atoms with van der Waals surface area (Å²) in [5, 5.41) is 0. The quantitative estimate of drug-likeness (QED) is 0.114. The van der Waals surface area contributed by atoms with E-state index in [9.17, 15) is 0 Å². The lowest BCUT2D eigenvalue weighted by molar-refractivity contribution is 1.04. The van der Waals surface area contributed by atoms with Crippen LogP contribution in [-0.2, 0) is 0 Å². The van der Waals surface area contributed by atoms with Crippen molar-refractivity contribution in [2.24, 2.45) is 0 Å². The van der Waals surface area contributed by atoms with E-state index < -0.39 is 0 Å². The van der Waals surface area contributed by atoms with Crippen LogP contribution in [0.3, 0.4) is 0 Å². The molecule has 0 aliphatic heterocycles. The van der Waals surface area contributed by atoms with Gasteiger partial charge in [0.15, 0.2) is 0 Å². The van der Waals surface area contributed by atoms with Gasteiger partial charge in [-0.15, -0.1) is 0 Å². The van der Waals surface area contributed by atoms with Gasteiger partial charge >= 0.3 is 0 Å². The molecule has 0 saturated heterocycles. The maximum absolute atomic E-state index is 2.52. The minimum atomic E-state index is 0.956. The van der Waals surface area contributed by atoms with Gasteiger partial charge in [-0.05, 0) is 215 Å². The smallest absolute Gasteiger partial charge is 0.00925 e. The average Bonchev–Trinajstić information content (AvgIpc) is 0.786. The number of rotatable bonds is 12. The van der Waals surface area contributed by atoms with E-state index in [1.807, 2.05) is 0 Å². The fourth-order valence-electron chi connectivity index (χ4n) is 14.5. The van der Waals surface area contributed by atoms with E-state index in [0.29, 0.717) is 0 Å². The van der Waals surface area contributed by atoms with Crippen molar-refractivity contribution in [1.29, 1.82) is 0 Å². The third-order valence-electron chi connectivity index (χ3n) is 19.6. The van der Waals surface area contributed by atoms with Crippen LogP contribution in [0, 0.1) is 0 Å². The van der Waals surface area contributed by atoms with Gasteiger partial charge in [0.25, 0.3) is 0 Å². The van der Waals surface area contributed by atoms with Crippen molar-refractivity contribution >= 4 is 11.1 Å². The molecule has 0 spiro atoms. The van der Waals surface area contributed by atoms with Crippen LogP contribution in [0.2, 0.25) is 0 Å². The van der Waals surface area contributed by atoms with Gasteiger partial charge in [0.2, 0.25) is 0 Å². The highest BCUT2D eigenvalue weighted by atomic mass is 14.3. The van der Waals surface area contributed by atoms with Crippen molar-refractivity contribution in [1.82, 2.24) is 0 Å². The van der Waals surface area contributed by atoms with Gasteiger partial charge in [-0.2, -0.15) is 0 Å². The van der Waals surface area contributed by atoms with Crippen molar-refractivity contribution in [3.05, 3.63) is 387 Å². The predicted octanol–water partition coefficient (Wildman–Crippen LogP) is 26.6. The summed E-state index contributed by atoms with van der Waals surface area (Å²) in [5.74, 6) is 0. The maximum Gasteiger partial charge on any atom is -0.00925 e. The van der Waals surface area contributed by atoms with Gasteiger partial charge in [-0.1, -0.05) is 352 Å². The van der Waals surface area contributed by atoms with Gasteiger partial charge in [0, 0.05) is 0 Å². The first-order valence-corrected chi connectivity index (χ1v) is 33.5. The van der Waals surface area contributed by atoms with Crippen molar-refractivity contribution in [2.75, 3.05) is 0 Å². The molecular formula is C96H66. The molecule has 2 aliphatic rings. The molecule has 0 heteroatoms. The number of allylic oxidation sites excluding steroid dienone is 4. The SMILES string of the molecule is C1=C2C(=CCC1)c1cc(-c3ccc(-c4ccc(-c5ccccc5)cc4)cc3)c(-c3ccc(-c4ccc(-c5ccccc5)cc4)cc3)cc1-c1ccccc1-c1cc(-c3ccc(-c4ccc(-c5ccccc5)cc4)cc3)c(-c3ccc(-c4ccc(-c5ccccc5)cc4)cc3)cc12. The van der Waals surface area contributed by atoms with Crippen molar-refractivity contribution in [3.8, 4) is 156 Å². The highest BCUT2D eigenvalue weighted by Crippen LogP contribution is 2.53. The summed E-state index contributed by atoms with van der Waals surface area (Å²) in [5.41, 5.74) is 38.6. The topological polar surface area (TPSA) is 0 Å². The van der Waals surface area contributed by atoms with Crippen LogP contribution in [0.1, 0.15) is 24.0 Å². The zero-order valence-electron chi connectivity index (χ0n) is 53.2. The Balaban J connectivity index is 0.807. The molecule has 0 unspecified atom stereocenters. The molecule has 0 bridgehead atoms. The summed E-state index contributed by atoms with van der Waals surface area (Å²) >= 11 is 0. The molecule has 0 amide bonds. The van der Waals surface area contributed by atoms with Gasteiger partial charge in [-0.3, -0.25) is 0 Å². The summed E-state index contributed by atoms with van der Waals surface area (Å²) in [4.78, 5) is 0. The number of fused-ring (bicyclic) bond motifs is 8. The first-order chi connectivity index (χ1) is 47.6. The summed E-state index contributed by atoms with van der Waals surface area (Å²) in [6, 6.07) is 135. The summed E-state index contributed by atoms with van der Waals surface area (Å²) < 4.78 is 0. The normalized spacial score (nSPS) is 12.2. The third-order valence-corrected chi connectivity index (χ3v) is 19.6. The second-order valence-electron chi connectivity index (χ2n) is 25.3. The van der Waals surface area contributed by atoms with E-state index >= 15 is 0 Å². The van der Waals surface area contributed by atoms with Crippen LogP contribution < -0.4 is 0 Å². The van der Waals surface area contributed by atoms with Crippen LogP contribution in [-0.4, -0.2) is 0 Å². The molecule has 96 heavy (non-hydrogen) atoms. The van der Waals surface area contributed by atoms with Gasteiger partial charge in [0.05, 0.1) is 0 Å².